The van der Waals surface area contributed by atoms with E-state index >= 15 is 0 Å². The second-order valence-corrected chi connectivity index (χ2v) is 5.75. The fourth-order valence-electron chi connectivity index (χ4n) is 1.55. The van der Waals surface area contributed by atoms with Crippen LogP contribution in [0.3, 0.4) is 0 Å². The molecule has 0 aliphatic heterocycles. The summed E-state index contributed by atoms with van der Waals surface area (Å²) in [6.07, 6.45) is 6.01. The molecule has 18 heavy (non-hydrogen) atoms. The molecule has 0 N–H and O–H groups in total. The van der Waals surface area contributed by atoms with Crippen LogP contribution in [0.1, 0.15) is 53.4 Å². The molecule has 0 spiro atoms. The van der Waals surface area contributed by atoms with Crippen LogP contribution in [0.5, 0.6) is 0 Å². The summed E-state index contributed by atoms with van der Waals surface area (Å²) in [6.45, 7) is 13.1. The van der Waals surface area contributed by atoms with E-state index < -0.39 is 0 Å². The largest absolute Gasteiger partial charge is 0.375 e. The van der Waals surface area contributed by atoms with Crippen molar-refractivity contribution < 1.29 is 14.3 Å². The van der Waals surface area contributed by atoms with Gasteiger partial charge in [-0.1, -0.05) is 6.08 Å². The van der Waals surface area contributed by atoms with Gasteiger partial charge in [0.1, 0.15) is 6.29 Å². The highest BCUT2D eigenvalue weighted by Crippen LogP contribution is 2.20. The van der Waals surface area contributed by atoms with Gasteiger partial charge in [0.2, 0.25) is 0 Å². The van der Waals surface area contributed by atoms with Crippen LogP contribution in [0, 0.1) is 0 Å². The second-order valence-electron chi connectivity index (χ2n) is 5.75. The van der Waals surface area contributed by atoms with E-state index in [0.717, 1.165) is 25.5 Å². The lowest BCUT2D eigenvalue weighted by Crippen LogP contribution is -2.31. The molecule has 0 saturated heterocycles. The summed E-state index contributed by atoms with van der Waals surface area (Å²) in [4.78, 5) is 10.2. The van der Waals surface area contributed by atoms with Crippen LogP contribution in [0.15, 0.2) is 12.7 Å². The van der Waals surface area contributed by atoms with E-state index in [1.165, 1.54) is 0 Å². The smallest absolute Gasteiger partial charge is 0.122 e. The van der Waals surface area contributed by atoms with Gasteiger partial charge in [-0.3, -0.25) is 0 Å². The molecule has 106 valence electrons. The topological polar surface area (TPSA) is 35.5 Å². The molecule has 3 heteroatoms. The maximum Gasteiger partial charge on any atom is 0.122 e. The van der Waals surface area contributed by atoms with Crippen molar-refractivity contribution >= 4 is 6.29 Å². The van der Waals surface area contributed by atoms with Crippen LogP contribution < -0.4 is 0 Å². The molecular weight excluding hydrogens is 228 g/mol. The summed E-state index contributed by atoms with van der Waals surface area (Å²) >= 11 is 0. The molecule has 0 atom stereocenters. The summed E-state index contributed by atoms with van der Waals surface area (Å²) in [7, 11) is 0. The molecule has 0 aromatic heterocycles. The average Bonchev–Trinajstić information content (AvgIpc) is 2.26. The Bertz CT molecular complexity index is 244. The van der Waals surface area contributed by atoms with Gasteiger partial charge in [-0.2, -0.15) is 0 Å². The van der Waals surface area contributed by atoms with Gasteiger partial charge >= 0.3 is 0 Å². The van der Waals surface area contributed by atoms with Crippen molar-refractivity contribution in [3.8, 4) is 0 Å². The van der Waals surface area contributed by atoms with Gasteiger partial charge in [0.25, 0.3) is 0 Å². The molecule has 0 aliphatic carbocycles. The third-order valence-electron chi connectivity index (χ3n) is 2.88. The fraction of sp³-hybridized carbons (Fsp3) is 0.800. The summed E-state index contributed by atoms with van der Waals surface area (Å²) in [6, 6.07) is 0. The molecule has 0 fully saturated rings. The minimum absolute atomic E-state index is 0.118. The molecule has 0 saturated carbocycles. The van der Waals surface area contributed by atoms with E-state index in [9.17, 15) is 4.79 Å². The normalized spacial score (nSPS) is 12.4. The summed E-state index contributed by atoms with van der Waals surface area (Å²) in [5.74, 6) is 0. The number of carbonyl (C=O) groups excluding carboxylic acids is 1. The number of aldehydes is 1. The van der Waals surface area contributed by atoms with Gasteiger partial charge in [0.15, 0.2) is 0 Å². The quantitative estimate of drug-likeness (QED) is 0.322. The standard InChI is InChI=1S/C15H28O3/c1-6-7-9-14(2,3)18-13-10-15(4,5)17-12-8-11-16/h6,11H,1,7-10,12-13H2,2-5H3. The Hall–Kier alpha value is -0.670. The van der Waals surface area contributed by atoms with Crippen molar-refractivity contribution in [2.24, 2.45) is 0 Å². The Kier molecular flexibility index (Phi) is 8.12. The highest BCUT2D eigenvalue weighted by Gasteiger charge is 2.22. The number of hydrogen-bond donors (Lipinski definition) is 0. The fourth-order valence-corrected chi connectivity index (χ4v) is 1.55. The zero-order valence-electron chi connectivity index (χ0n) is 12.3. The van der Waals surface area contributed by atoms with E-state index in [1.54, 1.807) is 0 Å². The predicted molar refractivity (Wildman–Crippen MR) is 74.8 cm³/mol. The number of rotatable bonds is 11. The molecule has 0 rings (SSSR count). The lowest BCUT2D eigenvalue weighted by atomic mass is 10.0. The second kappa shape index (κ2) is 8.44. The third kappa shape index (κ3) is 9.37. The minimum Gasteiger partial charge on any atom is -0.375 e. The molecular formula is C15H28O3. The average molecular weight is 256 g/mol. The Morgan fingerprint density at radius 3 is 2.06 bits per heavy atom. The maximum atomic E-state index is 10.2. The van der Waals surface area contributed by atoms with Crippen molar-refractivity contribution in [1.82, 2.24) is 0 Å². The molecule has 0 aromatic carbocycles. The molecule has 0 aromatic rings. The van der Waals surface area contributed by atoms with E-state index in [2.05, 4.69) is 20.4 Å². The SMILES string of the molecule is C=CCCC(C)(C)OCCC(C)(C)OCCC=O. The lowest BCUT2D eigenvalue weighted by molar-refractivity contribution is -0.111. The first-order chi connectivity index (χ1) is 8.33. The number of hydrogen-bond acceptors (Lipinski definition) is 3. The van der Waals surface area contributed by atoms with E-state index in [4.69, 9.17) is 9.47 Å². The van der Waals surface area contributed by atoms with Crippen LogP contribution in [0.2, 0.25) is 0 Å². The number of allylic oxidation sites excluding steroid dienone is 1. The van der Waals surface area contributed by atoms with E-state index in [1.807, 2.05) is 19.9 Å². The van der Waals surface area contributed by atoms with Crippen LogP contribution >= 0.6 is 0 Å². The van der Waals surface area contributed by atoms with E-state index in [-0.39, 0.29) is 11.2 Å². The van der Waals surface area contributed by atoms with Crippen molar-refractivity contribution in [2.75, 3.05) is 13.2 Å². The van der Waals surface area contributed by atoms with Crippen LogP contribution in [0.25, 0.3) is 0 Å². The van der Waals surface area contributed by atoms with Gasteiger partial charge in [-0.15, -0.1) is 6.58 Å². The van der Waals surface area contributed by atoms with Gasteiger partial charge in [0.05, 0.1) is 24.4 Å². The summed E-state index contributed by atoms with van der Waals surface area (Å²) in [5, 5.41) is 0. The molecule has 0 bridgehead atoms. The van der Waals surface area contributed by atoms with Crippen LogP contribution in [0.4, 0.5) is 0 Å². The van der Waals surface area contributed by atoms with Gasteiger partial charge < -0.3 is 14.3 Å². The zero-order chi connectivity index (χ0) is 14.1. The molecule has 0 radical (unpaired) electrons. The van der Waals surface area contributed by atoms with Crippen LogP contribution in [-0.2, 0) is 14.3 Å². The van der Waals surface area contributed by atoms with Crippen molar-refractivity contribution in [2.45, 2.75) is 64.6 Å². The van der Waals surface area contributed by atoms with E-state index in [0.29, 0.717) is 19.6 Å². The first-order valence-electron chi connectivity index (χ1n) is 6.65. The van der Waals surface area contributed by atoms with Crippen molar-refractivity contribution in [1.29, 1.82) is 0 Å². The highest BCUT2D eigenvalue weighted by molar-refractivity contribution is 5.49. The summed E-state index contributed by atoms with van der Waals surface area (Å²) < 4.78 is 11.5. The number of carbonyl (C=O) groups is 1. The predicted octanol–water partition coefficient (Wildman–Crippen LogP) is 3.52. The Morgan fingerprint density at radius 2 is 1.50 bits per heavy atom. The first-order valence-corrected chi connectivity index (χ1v) is 6.65. The van der Waals surface area contributed by atoms with Crippen molar-refractivity contribution in [3.05, 3.63) is 12.7 Å². The molecule has 3 nitrogen and oxygen atoms in total. The third-order valence-corrected chi connectivity index (χ3v) is 2.88. The van der Waals surface area contributed by atoms with Gasteiger partial charge in [-0.25, -0.2) is 0 Å². The van der Waals surface area contributed by atoms with Gasteiger partial charge in [-0.05, 0) is 47.0 Å². The maximum absolute atomic E-state index is 10.2. The highest BCUT2D eigenvalue weighted by atomic mass is 16.5. The Labute approximate surface area is 112 Å². The van der Waals surface area contributed by atoms with Crippen molar-refractivity contribution in [3.63, 3.8) is 0 Å². The molecule has 0 amide bonds. The number of ether oxygens (including phenoxy) is 2. The monoisotopic (exact) mass is 256 g/mol. The molecule has 0 aliphatic rings. The van der Waals surface area contributed by atoms with Crippen LogP contribution in [-0.4, -0.2) is 30.7 Å². The Balaban J connectivity index is 3.86. The lowest BCUT2D eigenvalue weighted by Gasteiger charge is -2.29. The first kappa shape index (κ1) is 17.3. The molecule has 0 unspecified atom stereocenters. The van der Waals surface area contributed by atoms with Gasteiger partial charge in [0, 0.05) is 6.42 Å². The summed E-state index contributed by atoms with van der Waals surface area (Å²) in [5.41, 5.74) is -0.357. The molecule has 0 heterocycles. The zero-order valence-corrected chi connectivity index (χ0v) is 12.3. The minimum atomic E-state index is -0.239. The Morgan fingerprint density at radius 1 is 0.944 bits per heavy atom.